The lowest BCUT2D eigenvalue weighted by molar-refractivity contribution is 0.409. The van der Waals surface area contributed by atoms with Gasteiger partial charge in [0.25, 0.3) is 5.89 Å². The monoisotopic (exact) mass is 349 g/mol. The minimum atomic E-state index is -0.270. The van der Waals surface area contributed by atoms with E-state index < -0.39 is 0 Å². The predicted molar refractivity (Wildman–Crippen MR) is 96.2 cm³/mol. The Morgan fingerprint density at radius 2 is 1.85 bits per heavy atom. The molecule has 0 radical (unpaired) electrons. The van der Waals surface area contributed by atoms with E-state index in [2.05, 4.69) is 45.8 Å². The Morgan fingerprint density at radius 3 is 2.58 bits per heavy atom. The van der Waals surface area contributed by atoms with Crippen LogP contribution in [0.5, 0.6) is 0 Å². The second-order valence-corrected chi connectivity index (χ2v) is 7.45. The van der Waals surface area contributed by atoms with E-state index in [-0.39, 0.29) is 11.2 Å². The van der Waals surface area contributed by atoms with Gasteiger partial charge in [0.2, 0.25) is 0 Å². The van der Waals surface area contributed by atoms with E-state index in [1.54, 1.807) is 12.1 Å². The molecular weight excluding hydrogens is 329 g/mol. The van der Waals surface area contributed by atoms with Crippen molar-refractivity contribution in [1.82, 2.24) is 15.5 Å². The maximum Gasteiger partial charge on any atom is 0.257 e. The van der Waals surface area contributed by atoms with Crippen LogP contribution >= 0.6 is 0 Å². The Hall–Kier alpha value is -2.53. The molecule has 1 N–H and O–H groups in total. The van der Waals surface area contributed by atoms with Gasteiger partial charge in [0, 0.05) is 29.5 Å². The molecule has 0 saturated heterocycles. The number of hydrogen-bond donors (Lipinski definition) is 1. The molecule has 1 aromatic heterocycles. The lowest BCUT2D eigenvalue weighted by Crippen LogP contribution is -2.30. The maximum atomic E-state index is 13.1. The molecule has 4 nitrogen and oxygen atoms in total. The van der Waals surface area contributed by atoms with Gasteiger partial charge in [-0.3, -0.25) is 0 Å². The summed E-state index contributed by atoms with van der Waals surface area (Å²) >= 11 is 0. The van der Waals surface area contributed by atoms with Gasteiger partial charge in [0.15, 0.2) is 5.82 Å². The first-order valence-electron chi connectivity index (χ1n) is 9.12. The number of nitrogens with zero attached hydrogens (tertiary/aromatic N) is 2. The molecule has 0 spiro atoms. The van der Waals surface area contributed by atoms with Crippen molar-refractivity contribution in [3.8, 4) is 11.5 Å². The van der Waals surface area contributed by atoms with Crippen LogP contribution < -0.4 is 5.32 Å². The Labute approximate surface area is 151 Å². The molecule has 2 atom stereocenters. The molecular formula is C21H20FN3O. The molecule has 5 heteroatoms. The van der Waals surface area contributed by atoms with E-state index in [0.29, 0.717) is 17.9 Å². The zero-order valence-electron chi connectivity index (χ0n) is 14.4. The summed E-state index contributed by atoms with van der Waals surface area (Å²) in [6.45, 7) is 0.878. The molecule has 0 aliphatic heterocycles. The summed E-state index contributed by atoms with van der Waals surface area (Å²) in [7, 11) is 0. The highest BCUT2D eigenvalue weighted by atomic mass is 19.1. The first kappa shape index (κ1) is 15.7. The van der Waals surface area contributed by atoms with Gasteiger partial charge >= 0.3 is 0 Å². The van der Waals surface area contributed by atoms with E-state index >= 15 is 0 Å². The summed E-state index contributed by atoms with van der Waals surface area (Å²) in [5.74, 6) is 1.57. The highest BCUT2D eigenvalue weighted by Gasteiger charge is 2.50. The van der Waals surface area contributed by atoms with Crippen LogP contribution in [0.4, 0.5) is 4.39 Å². The van der Waals surface area contributed by atoms with Crippen LogP contribution in [0.15, 0.2) is 59.1 Å². The van der Waals surface area contributed by atoms with Crippen molar-refractivity contribution in [3.63, 3.8) is 0 Å². The molecule has 0 bridgehead atoms. The Kier molecular flexibility index (Phi) is 3.64. The van der Waals surface area contributed by atoms with Crippen molar-refractivity contribution in [3.05, 3.63) is 71.8 Å². The molecule has 1 heterocycles. The number of hydrogen-bond acceptors (Lipinski definition) is 4. The lowest BCUT2D eigenvalue weighted by atomic mass is 10.1. The van der Waals surface area contributed by atoms with Crippen molar-refractivity contribution in [2.24, 2.45) is 0 Å². The SMILES string of the molecule is Fc1ccc(-c2nc(C3(CNC4CC4c4ccccc4)CC3)no2)cc1. The van der Waals surface area contributed by atoms with Crippen molar-refractivity contribution >= 4 is 0 Å². The highest BCUT2D eigenvalue weighted by Crippen LogP contribution is 2.48. The minimum Gasteiger partial charge on any atom is -0.334 e. The van der Waals surface area contributed by atoms with Crippen molar-refractivity contribution in [2.75, 3.05) is 6.54 Å². The molecule has 2 fully saturated rings. The van der Waals surface area contributed by atoms with Crippen molar-refractivity contribution in [1.29, 1.82) is 0 Å². The zero-order chi connectivity index (χ0) is 17.6. The smallest absolute Gasteiger partial charge is 0.257 e. The molecule has 2 unspecified atom stereocenters. The van der Waals surface area contributed by atoms with Crippen LogP contribution in [0.25, 0.3) is 11.5 Å². The molecule has 2 aliphatic rings. The minimum absolute atomic E-state index is 0.00833. The standard InChI is InChI=1S/C21H20FN3O/c22-16-8-6-15(7-9-16)19-24-20(25-26-19)21(10-11-21)13-23-18-12-17(18)14-4-2-1-3-5-14/h1-9,17-18,23H,10-13H2. The third-order valence-electron chi connectivity index (χ3n) is 5.57. The Balaban J connectivity index is 1.24. The number of benzene rings is 2. The largest absolute Gasteiger partial charge is 0.334 e. The van der Waals surface area contributed by atoms with Crippen LogP contribution in [-0.4, -0.2) is 22.7 Å². The quantitative estimate of drug-likeness (QED) is 0.729. The molecule has 2 aliphatic carbocycles. The van der Waals surface area contributed by atoms with Gasteiger partial charge in [0.05, 0.1) is 0 Å². The number of aromatic nitrogens is 2. The van der Waals surface area contributed by atoms with Gasteiger partial charge in [-0.05, 0) is 49.1 Å². The van der Waals surface area contributed by atoms with Gasteiger partial charge < -0.3 is 9.84 Å². The summed E-state index contributed by atoms with van der Waals surface area (Å²) < 4.78 is 18.5. The van der Waals surface area contributed by atoms with Crippen LogP contribution in [0, 0.1) is 5.82 Å². The fourth-order valence-electron chi connectivity index (χ4n) is 3.59. The molecule has 26 heavy (non-hydrogen) atoms. The zero-order valence-corrected chi connectivity index (χ0v) is 14.4. The maximum absolute atomic E-state index is 13.1. The average molecular weight is 349 g/mol. The van der Waals surface area contributed by atoms with E-state index in [1.165, 1.54) is 24.1 Å². The van der Waals surface area contributed by atoms with Crippen LogP contribution in [0.2, 0.25) is 0 Å². The summed E-state index contributed by atoms with van der Waals surface area (Å²) in [6.07, 6.45) is 3.34. The molecule has 3 aromatic rings. The molecule has 5 rings (SSSR count). The number of rotatable bonds is 6. The van der Waals surface area contributed by atoms with Gasteiger partial charge in [-0.25, -0.2) is 4.39 Å². The fraction of sp³-hybridized carbons (Fsp3) is 0.333. The molecule has 132 valence electrons. The third-order valence-corrected chi connectivity index (χ3v) is 5.57. The molecule has 0 amide bonds. The van der Waals surface area contributed by atoms with E-state index in [1.807, 2.05) is 0 Å². The van der Waals surface area contributed by atoms with Crippen LogP contribution in [0.1, 0.15) is 36.6 Å². The Bertz CT molecular complexity index is 903. The van der Waals surface area contributed by atoms with Gasteiger partial charge in [0.1, 0.15) is 5.82 Å². The van der Waals surface area contributed by atoms with Gasteiger partial charge in [-0.15, -0.1) is 0 Å². The van der Waals surface area contributed by atoms with E-state index in [4.69, 9.17) is 4.52 Å². The number of nitrogens with one attached hydrogen (secondary N) is 1. The summed E-state index contributed by atoms with van der Waals surface area (Å²) in [4.78, 5) is 4.58. The first-order valence-corrected chi connectivity index (χ1v) is 9.12. The van der Waals surface area contributed by atoms with Crippen molar-refractivity contribution < 1.29 is 8.91 Å². The highest BCUT2D eigenvalue weighted by molar-refractivity contribution is 5.52. The van der Waals surface area contributed by atoms with Crippen LogP contribution in [0.3, 0.4) is 0 Å². The predicted octanol–water partition coefficient (Wildman–Crippen LogP) is 4.05. The van der Waals surface area contributed by atoms with E-state index in [0.717, 1.165) is 30.8 Å². The van der Waals surface area contributed by atoms with E-state index in [9.17, 15) is 4.39 Å². The summed E-state index contributed by atoms with van der Waals surface area (Å²) in [5, 5.41) is 7.90. The van der Waals surface area contributed by atoms with Crippen LogP contribution in [-0.2, 0) is 5.41 Å². The summed E-state index contributed by atoms with van der Waals surface area (Å²) in [6, 6.07) is 17.3. The number of halogens is 1. The Morgan fingerprint density at radius 1 is 1.08 bits per heavy atom. The average Bonchev–Trinajstić information content (AvgIpc) is 3.59. The summed E-state index contributed by atoms with van der Waals surface area (Å²) in [5.41, 5.74) is 2.15. The second kappa shape index (κ2) is 6.02. The molecule has 2 aromatic carbocycles. The fourth-order valence-corrected chi connectivity index (χ4v) is 3.59. The first-order chi connectivity index (χ1) is 12.7. The normalized spacial score (nSPS) is 23.0. The second-order valence-electron chi connectivity index (χ2n) is 7.45. The van der Waals surface area contributed by atoms with Crippen molar-refractivity contribution in [2.45, 2.75) is 36.6 Å². The molecule has 2 saturated carbocycles. The third kappa shape index (κ3) is 2.92. The lowest BCUT2D eigenvalue weighted by Gasteiger charge is -2.12. The topological polar surface area (TPSA) is 51.0 Å². The van der Waals surface area contributed by atoms with Gasteiger partial charge in [-0.1, -0.05) is 35.5 Å². The van der Waals surface area contributed by atoms with Gasteiger partial charge in [-0.2, -0.15) is 4.98 Å².